The summed E-state index contributed by atoms with van der Waals surface area (Å²) in [6.07, 6.45) is 4.56. The maximum atomic E-state index is 13.2. The highest BCUT2D eigenvalue weighted by molar-refractivity contribution is 5.81. The second kappa shape index (κ2) is 6.66. The van der Waals surface area contributed by atoms with E-state index in [1.54, 1.807) is 6.07 Å². The number of imidazole rings is 1. The Labute approximate surface area is 135 Å². The molecule has 1 saturated carbocycles. The predicted octanol–water partition coefficient (Wildman–Crippen LogP) is 2.58. The van der Waals surface area contributed by atoms with E-state index >= 15 is 0 Å². The van der Waals surface area contributed by atoms with E-state index in [9.17, 15) is 9.18 Å². The van der Waals surface area contributed by atoms with E-state index in [2.05, 4.69) is 15.3 Å². The number of likely N-dealkylation sites (N-methyl/N-ethyl adjacent to an activating group) is 1. The lowest BCUT2D eigenvalue weighted by atomic mass is 10.2. The molecule has 0 aliphatic heterocycles. The number of nitrogens with one attached hydrogen (secondary N) is 2. The molecule has 1 heterocycles. The number of benzene rings is 1. The smallest absolute Gasteiger partial charge is 0.237 e. The van der Waals surface area contributed by atoms with E-state index in [1.165, 1.54) is 25.0 Å². The molecule has 1 fully saturated rings. The summed E-state index contributed by atoms with van der Waals surface area (Å²) in [4.78, 5) is 21.8. The van der Waals surface area contributed by atoms with Gasteiger partial charge >= 0.3 is 0 Å². The Hall–Kier alpha value is -1.95. The topological polar surface area (TPSA) is 61.0 Å². The van der Waals surface area contributed by atoms with Gasteiger partial charge < -0.3 is 10.3 Å². The highest BCUT2D eigenvalue weighted by atomic mass is 19.1. The van der Waals surface area contributed by atoms with Gasteiger partial charge in [0.2, 0.25) is 5.91 Å². The van der Waals surface area contributed by atoms with Gasteiger partial charge in [-0.1, -0.05) is 12.8 Å². The molecule has 0 spiro atoms. The van der Waals surface area contributed by atoms with Gasteiger partial charge in [-0.05, 0) is 45.0 Å². The molecular weight excluding hydrogens is 295 g/mol. The molecule has 1 amide bonds. The van der Waals surface area contributed by atoms with E-state index in [0.29, 0.717) is 18.1 Å². The predicted molar refractivity (Wildman–Crippen MR) is 87.4 cm³/mol. The van der Waals surface area contributed by atoms with E-state index in [4.69, 9.17) is 0 Å². The molecule has 2 N–H and O–H groups in total. The summed E-state index contributed by atoms with van der Waals surface area (Å²) in [6, 6.07) is 4.57. The summed E-state index contributed by atoms with van der Waals surface area (Å²) in [5.41, 5.74) is 1.41. The van der Waals surface area contributed by atoms with Crippen LogP contribution in [-0.4, -0.2) is 39.9 Å². The minimum Gasteiger partial charge on any atom is -0.352 e. The third kappa shape index (κ3) is 3.69. The van der Waals surface area contributed by atoms with E-state index in [1.807, 2.05) is 18.9 Å². The number of rotatable bonds is 5. The maximum absolute atomic E-state index is 13.2. The van der Waals surface area contributed by atoms with Crippen molar-refractivity contribution < 1.29 is 9.18 Å². The van der Waals surface area contributed by atoms with E-state index in [0.717, 1.165) is 24.2 Å². The number of aromatic amines is 1. The second-order valence-corrected chi connectivity index (χ2v) is 6.43. The number of aromatic nitrogens is 2. The first-order valence-electron chi connectivity index (χ1n) is 8.17. The first-order valence-corrected chi connectivity index (χ1v) is 8.17. The van der Waals surface area contributed by atoms with E-state index < -0.39 is 0 Å². The Kier molecular flexibility index (Phi) is 4.61. The summed E-state index contributed by atoms with van der Waals surface area (Å²) in [7, 11) is 1.90. The van der Waals surface area contributed by atoms with Crippen molar-refractivity contribution in [2.45, 2.75) is 51.2 Å². The zero-order valence-electron chi connectivity index (χ0n) is 13.6. The zero-order chi connectivity index (χ0) is 16.4. The molecule has 5 nitrogen and oxygen atoms in total. The second-order valence-electron chi connectivity index (χ2n) is 6.43. The van der Waals surface area contributed by atoms with Crippen LogP contribution < -0.4 is 5.32 Å². The van der Waals surface area contributed by atoms with Crippen LogP contribution in [0.5, 0.6) is 0 Å². The lowest BCUT2D eigenvalue weighted by Crippen LogP contribution is -2.46. The number of H-pyrrole nitrogens is 1. The van der Waals surface area contributed by atoms with Crippen molar-refractivity contribution in [2.75, 3.05) is 7.05 Å². The molecule has 1 unspecified atom stereocenters. The molecule has 0 saturated heterocycles. The van der Waals surface area contributed by atoms with Gasteiger partial charge in [-0.3, -0.25) is 9.69 Å². The molecule has 1 aliphatic carbocycles. The molecule has 1 aliphatic rings. The monoisotopic (exact) mass is 318 g/mol. The summed E-state index contributed by atoms with van der Waals surface area (Å²) >= 11 is 0. The molecule has 1 aromatic heterocycles. The molecule has 3 rings (SSSR count). The van der Waals surface area contributed by atoms with Crippen molar-refractivity contribution in [1.29, 1.82) is 0 Å². The first kappa shape index (κ1) is 15.9. The molecule has 23 heavy (non-hydrogen) atoms. The van der Waals surface area contributed by atoms with Crippen LogP contribution in [0.1, 0.15) is 38.4 Å². The lowest BCUT2D eigenvalue weighted by Gasteiger charge is -2.24. The summed E-state index contributed by atoms with van der Waals surface area (Å²) in [5.74, 6) is 0.500. The van der Waals surface area contributed by atoms with Crippen molar-refractivity contribution in [1.82, 2.24) is 20.2 Å². The average Bonchev–Trinajstić information content (AvgIpc) is 3.14. The summed E-state index contributed by atoms with van der Waals surface area (Å²) in [6.45, 7) is 2.40. The Morgan fingerprint density at radius 1 is 1.48 bits per heavy atom. The fourth-order valence-corrected chi connectivity index (χ4v) is 3.07. The van der Waals surface area contributed by atoms with Crippen molar-refractivity contribution in [3.63, 3.8) is 0 Å². The van der Waals surface area contributed by atoms with Crippen molar-refractivity contribution >= 4 is 16.9 Å². The fraction of sp³-hybridized carbons (Fsp3) is 0.529. The zero-order valence-corrected chi connectivity index (χ0v) is 13.6. The molecular formula is C17H23FN4O. The third-order valence-corrected chi connectivity index (χ3v) is 4.63. The fourth-order valence-electron chi connectivity index (χ4n) is 3.07. The van der Waals surface area contributed by atoms with Crippen molar-refractivity contribution in [3.05, 3.63) is 29.8 Å². The molecule has 0 bridgehead atoms. The van der Waals surface area contributed by atoms with Gasteiger partial charge in [0.25, 0.3) is 0 Å². The van der Waals surface area contributed by atoms with Gasteiger partial charge in [-0.2, -0.15) is 0 Å². The van der Waals surface area contributed by atoms with Crippen LogP contribution in [0.3, 0.4) is 0 Å². The average molecular weight is 318 g/mol. The number of carbonyl (C=O) groups excluding carboxylic acids is 1. The molecule has 1 atom stereocenters. The molecule has 2 aromatic rings. The highest BCUT2D eigenvalue weighted by Gasteiger charge is 2.23. The van der Waals surface area contributed by atoms with Gasteiger partial charge in [0, 0.05) is 6.04 Å². The highest BCUT2D eigenvalue weighted by Crippen LogP contribution is 2.18. The molecule has 124 valence electrons. The van der Waals surface area contributed by atoms with Crippen molar-refractivity contribution in [2.24, 2.45) is 0 Å². The number of hydrogen-bond acceptors (Lipinski definition) is 3. The minimum atomic E-state index is -0.287. The minimum absolute atomic E-state index is 0.0570. The summed E-state index contributed by atoms with van der Waals surface area (Å²) in [5, 5.41) is 3.12. The Morgan fingerprint density at radius 3 is 2.96 bits per heavy atom. The Balaban J connectivity index is 1.62. The molecule has 1 aromatic carbocycles. The van der Waals surface area contributed by atoms with Crippen LogP contribution in [0.4, 0.5) is 4.39 Å². The van der Waals surface area contributed by atoms with Crippen LogP contribution >= 0.6 is 0 Å². The van der Waals surface area contributed by atoms with Crippen LogP contribution in [0, 0.1) is 5.82 Å². The first-order chi connectivity index (χ1) is 11.0. The van der Waals surface area contributed by atoms with Gasteiger partial charge in [-0.15, -0.1) is 0 Å². The number of halogens is 1. The Bertz CT molecular complexity index is 693. The van der Waals surface area contributed by atoms with Gasteiger partial charge in [0.05, 0.1) is 23.6 Å². The quantitative estimate of drug-likeness (QED) is 0.891. The SMILES string of the molecule is CC(C(=O)NC1CCCC1)N(C)Cc1nc2ccc(F)cc2[nH]1. The summed E-state index contributed by atoms with van der Waals surface area (Å²) < 4.78 is 13.2. The number of hydrogen-bond donors (Lipinski definition) is 2. The number of carbonyl (C=O) groups is 1. The largest absolute Gasteiger partial charge is 0.352 e. The molecule has 6 heteroatoms. The van der Waals surface area contributed by atoms with Crippen LogP contribution in [-0.2, 0) is 11.3 Å². The maximum Gasteiger partial charge on any atom is 0.237 e. The van der Waals surface area contributed by atoms with Gasteiger partial charge in [-0.25, -0.2) is 9.37 Å². The van der Waals surface area contributed by atoms with Gasteiger partial charge in [0.1, 0.15) is 11.6 Å². The Morgan fingerprint density at radius 2 is 2.22 bits per heavy atom. The lowest BCUT2D eigenvalue weighted by molar-refractivity contribution is -0.126. The van der Waals surface area contributed by atoms with Crippen molar-refractivity contribution in [3.8, 4) is 0 Å². The number of amides is 1. The normalized spacial score (nSPS) is 17.0. The number of fused-ring (bicyclic) bond motifs is 1. The van der Waals surface area contributed by atoms with Crippen LogP contribution in [0.15, 0.2) is 18.2 Å². The molecule has 0 radical (unpaired) electrons. The third-order valence-electron chi connectivity index (χ3n) is 4.63. The number of nitrogens with zero attached hydrogens (tertiary/aromatic N) is 2. The van der Waals surface area contributed by atoms with Gasteiger partial charge in [0.15, 0.2) is 0 Å². The standard InChI is InChI=1S/C17H23FN4O/c1-11(17(23)19-13-5-3-4-6-13)22(2)10-16-20-14-8-7-12(18)9-15(14)21-16/h7-9,11,13H,3-6,10H2,1-2H3,(H,19,23)(H,20,21). The van der Waals surface area contributed by atoms with Crippen LogP contribution in [0.2, 0.25) is 0 Å². The van der Waals surface area contributed by atoms with Crippen LogP contribution in [0.25, 0.3) is 11.0 Å². The van der Waals surface area contributed by atoms with E-state index in [-0.39, 0.29) is 17.8 Å².